The van der Waals surface area contributed by atoms with Crippen LogP contribution in [0.15, 0.2) is 23.0 Å². The molecule has 0 aliphatic heterocycles. The van der Waals surface area contributed by atoms with Gasteiger partial charge in [0.1, 0.15) is 0 Å². The zero-order valence-electron chi connectivity index (χ0n) is 12.5. The normalized spacial score (nSPS) is 11.6. The highest BCUT2D eigenvalue weighted by molar-refractivity contribution is 7.13. The van der Waals surface area contributed by atoms with Crippen LogP contribution in [0.2, 0.25) is 5.02 Å². The third kappa shape index (κ3) is 4.30. The van der Waals surface area contributed by atoms with Crippen molar-refractivity contribution in [3.05, 3.63) is 33.6 Å². The van der Waals surface area contributed by atoms with Gasteiger partial charge in [-0.3, -0.25) is 8.75 Å². The number of fused-ring (bicyclic) bond motifs is 1. The van der Waals surface area contributed by atoms with Gasteiger partial charge in [-0.15, -0.1) is 0 Å². The van der Waals surface area contributed by atoms with Crippen LogP contribution in [0.5, 0.6) is 0 Å². The lowest BCUT2D eigenvalue weighted by atomic mass is 10.3. The molecule has 1 heterocycles. The van der Waals surface area contributed by atoms with Crippen LogP contribution in [-0.2, 0) is 11.3 Å². The SMILES string of the molecule is CCN(CC)CCOCCn1sc2cc(Cl)ccc2c1=O. The van der Waals surface area contributed by atoms with Crippen LogP contribution in [0.25, 0.3) is 10.1 Å². The Bertz CT molecular complexity index is 634. The number of rotatable bonds is 8. The number of benzene rings is 1. The molecule has 116 valence electrons. The van der Waals surface area contributed by atoms with Gasteiger partial charge in [-0.1, -0.05) is 37.0 Å². The van der Waals surface area contributed by atoms with E-state index in [1.54, 1.807) is 16.1 Å². The number of likely N-dealkylation sites (N-methyl/N-ethyl adjacent to an activating group) is 1. The number of halogens is 1. The molecule has 0 bridgehead atoms. The Balaban J connectivity index is 1.86. The Labute approximate surface area is 134 Å². The molecule has 0 fully saturated rings. The first-order valence-corrected chi connectivity index (χ1v) is 8.40. The first kappa shape index (κ1) is 16.5. The Kier molecular flexibility index (Phi) is 6.23. The largest absolute Gasteiger partial charge is 0.378 e. The molecule has 0 amide bonds. The molecule has 1 aromatic carbocycles. The van der Waals surface area contributed by atoms with Crippen molar-refractivity contribution in [2.45, 2.75) is 20.4 Å². The number of ether oxygens (including phenoxy) is 1. The second-order valence-electron chi connectivity index (χ2n) is 4.78. The van der Waals surface area contributed by atoms with Gasteiger partial charge in [0.15, 0.2) is 0 Å². The van der Waals surface area contributed by atoms with Gasteiger partial charge in [0.2, 0.25) is 0 Å². The number of aromatic nitrogens is 1. The molecule has 0 saturated carbocycles. The summed E-state index contributed by atoms with van der Waals surface area (Å²) in [6.45, 7) is 9.15. The fourth-order valence-electron chi connectivity index (χ4n) is 2.17. The molecule has 0 aliphatic carbocycles. The van der Waals surface area contributed by atoms with Crippen LogP contribution in [0.4, 0.5) is 0 Å². The summed E-state index contributed by atoms with van der Waals surface area (Å²) in [7, 11) is 0. The smallest absolute Gasteiger partial charge is 0.268 e. The highest BCUT2D eigenvalue weighted by atomic mass is 35.5. The summed E-state index contributed by atoms with van der Waals surface area (Å²) >= 11 is 7.39. The Morgan fingerprint density at radius 1 is 1.29 bits per heavy atom. The molecule has 21 heavy (non-hydrogen) atoms. The van der Waals surface area contributed by atoms with E-state index in [-0.39, 0.29) is 5.56 Å². The van der Waals surface area contributed by atoms with Crippen molar-refractivity contribution < 1.29 is 4.74 Å². The van der Waals surface area contributed by atoms with Gasteiger partial charge in [-0.25, -0.2) is 0 Å². The van der Waals surface area contributed by atoms with Gasteiger partial charge in [0, 0.05) is 11.6 Å². The van der Waals surface area contributed by atoms with E-state index in [9.17, 15) is 4.79 Å². The first-order valence-electron chi connectivity index (χ1n) is 7.25. The molecule has 0 unspecified atom stereocenters. The average Bonchev–Trinajstić information content (AvgIpc) is 2.79. The monoisotopic (exact) mass is 328 g/mol. The molecule has 0 N–H and O–H groups in total. The second kappa shape index (κ2) is 7.94. The molecule has 0 radical (unpaired) electrons. The molecule has 0 saturated heterocycles. The highest BCUT2D eigenvalue weighted by Crippen LogP contribution is 2.21. The second-order valence-corrected chi connectivity index (χ2v) is 6.28. The van der Waals surface area contributed by atoms with Gasteiger partial charge < -0.3 is 9.64 Å². The predicted molar refractivity (Wildman–Crippen MR) is 89.7 cm³/mol. The van der Waals surface area contributed by atoms with E-state index >= 15 is 0 Å². The minimum absolute atomic E-state index is 0.0407. The molecule has 2 aromatic rings. The van der Waals surface area contributed by atoms with Crippen LogP contribution in [0.1, 0.15) is 13.8 Å². The van der Waals surface area contributed by atoms with Crippen molar-refractivity contribution >= 4 is 33.2 Å². The van der Waals surface area contributed by atoms with Crippen LogP contribution in [0, 0.1) is 0 Å². The molecule has 4 nitrogen and oxygen atoms in total. The van der Waals surface area contributed by atoms with E-state index in [0.717, 1.165) is 29.7 Å². The van der Waals surface area contributed by atoms with E-state index in [1.807, 2.05) is 6.07 Å². The van der Waals surface area contributed by atoms with Crippen molar-refractivity contribution in [1.29, 1.82) is 0 Å². The summed E-state index contributed by atoms with van der Waals surface area (Å²) in [5.74, 6) is 0. The van der Waals surface area contributed by atoms with Gasteiger partial charge in [0.25, 0.3) is 5.56 Å². The molecule has 1 aromatic heterocycles. The minimum atomic E-state index is 0.0407. The average molecular weight is 329 g/mol. The van der Waals surface area contributed by atoms with Crippen LogP contribution < -0.4 is 5.56 Å². The first-order chi connectivity index (χ1) is 10.2. The van der Waals surface area contributed by atoms with E-state index in [0.29, 0.717) is 24.8 Å². The maximum absolute atomic E-state index is 12.2. The summed E-state index contributed by atoms with van der Waals surface area (Å²) < 4.78 is 8.29. The molecular weight excluding hydrogens is 308 g/mol. The summed E-state index contributed by atoms with van der Waals surface area (Å²) in [5.41, 5.74) is 0.0407. The van der Waals surface area contributed by atoms with Gasteiger partial charge in [-0.2, -0.15) is 0 Å². The lowest BCUT2D eigenvalue weighted by molar-refractivity contribution is 0.102. The highest BCUT2D eigenvalue weighted by Gasteiger charge is 2.07. The van der Waals surface area contributed by atoms with Crippen molar-refractivity contribution in [2.75, 3.05) is 32.8 Å². The van der Waals surface area contributed by atoms with Crippen molar-refractivity contribution in [2.24, 2.45) is 0 Å². The van der Waals surface area contributed by atoms with Gasteiger partial charge in [0.05, 0.1) is 29.8 Å². The van der Waals surface area contributed by atoms with E-state index in [2.05, 4.69) is 18.7 Å². The Morgan fingerprint density at radius 3 is 2.76 bits per heavy atom. The zero-order chi connectivity index (χ0) is 15.2. The summed E-state index contributed by atoms with van der Waals surface area (Å²) in [5, 5.41) is 1.39. The van der Waals surface area contributed by atoms with Crippen LogP contribution in [0.3, 0.4) is 0 Å². The Hall–Kier alpha value is -0.880. The standard InChI is InChI=1S/C15H21ClN2O2S/c1-3-17(4-2)7-9-20-10-8-18-15(19)13-6-5-12(16)11-14(13)21-18/h5-6,11H,3-4,7-10H2,1-2H3. The molecule has 2 rings (SSSR count). The van der Waals surface area contributed by atoms with Crippen molar-refractivity contribution in [3.63, 3.8) is 0 Å². The summed E-state index contributed by atoms with van der Waals surface area (Å²) in [6.07, 6.45) is 0. The van der Waals surface area contributed by atoms with Crippen LogP contribution >= 0.6 is 23.1 Å². The fourth-order valence-corrected chi connectivity index (χ4v) is 3.43. The molecule has 0 spiro atoms. The summed E-state index contributed by atoms with van der Waals surface area (Å²) in [6, 6.07) is 5.37. The molecule has 6 heteroatoms. The predicted octanol–water partition coefficient (Wildman–Crippen LogP) is 3.07. The van der Waals surface area contributed by atoms with Crippen LogP contribution in [-0.4, -0.2) is 41.7 Å². The lowest BCUT2D eigenvalue weighted by Crippen LogP contribution is -2.27. The fraction of sp³-hybridized carbons (Fsp3) is 0.533. The van der Waals surface area contributed by atoms with Crippen molar-refractivity contribution in [1.82, 2.24) is 8.86 Å². The molecule has 0 aliphatic rings. The maximum atomic E-state index is 12.2. The van der Waals surface area contributed by atoms with E-state index < -0.39 is 0 Å². The Morgan fingerprint density at radius 2 is 2.05 bits per heavy atom. The van der Waals surface area contributed by atoms with E-state index in [1.165, 1.54) is 11.5 Å². The quantitative estimate of drug-likeness (QED) is 0.698. The molecular formula is C15H21ClN2O2S. The number of nitrogens with zero attached hydrogens (tertiary/aromatic N) is 2. The third-order valence-corrected chi connectivity index (χ3v) is 4.83. The molecule has 0 atom stereocenters. The topological polar surface area (TPSA) is 34.5 Å². The number of hydrogen-bond donors (Lipinski definition) is 0. The maximum Gasteiger partial charge on any atom is 0.268 e. The van der Waals surface area contributed by atoms with Gasteiger partial charge >= 0.3 is 0 Å². The van der Waals surface area contributed by atoms with Crippen molar-refractivity contribution in [3.8, 4) is 0 Å². The lowest BCUT2D eigenvalue weighted by Gasteiger charge is -2.17. The third-order valence-electron chi connectivity index (χ3n) is 3.49. The minimum Gasteiger partial charge on any atom is -0.378 e. The number of hydrogen-bond acceptors (Lipinski definition) is 4. The van der Waals surface area contributed by atoms with E-state index in [4.69, 9.17) is 16.3 Å². The van der Waals surface area contributed by atoms with Gasteiger partial charge in [-0.05, 0) is 31.3 Å². The zero-order valence-corrected chi connectivity index (χ0v) is 14.0. The summed E-state index contributed by atoms with van der Waals surface area (Å²) in [4.78, 5) is 14.5.